The Labute approximate surface area is 133 Å². The zero-order valence-electron chi connectivity index (χ0n) is 10.8. The number of rotatable bonds is 3. The highest BCUT2D eigenvalue weighted by Crippen LogP contribution is 2.32. The average molecular weight is 350 g/mol. The van der Waals surface area contributed by atoms with Crippen molar-refractivity contribution in [3.63, 3.8) is 0 Å². The predicted octanol–water partition coefficient (Wildman–Crippen LogP) is 5.40. The molecule has 2 aromatic rings. The second-order valence-corrected chi connectivity index (χ2v) is 5.04. The molecule has 0 bridgehead atoms. The van der Waals surface area contributed by atoms with Gasteiger partial charge in [0.2, 0.25) is 0 Å². The third kappa shape index (κ3) is 4.08. The largest absolute Gasteiger partial charge is 0.506 e. The van der Waals surface area contributed by atoms with Crippen LogP contribution in [0.2, 0.25) is 10.0 Å². The maximum atomic E-state index is 12.4. The van der Waals surface area contributed by atoms with Crippen molar-refractivity contribution >= 4 is 29.0 Å². The number of benzene rings is 1. The van der Waals surface area contributed by atoms with Gasteiger partial charge in [0.15, 0.2) is 5.82 Å². The van der Waals surface area contributed by atoms with Crippen LogP contribution in [0.15, 0.2) is 40.7 Å². The summed E-state index contributed by atoms with van der Waals surface area (Å²) < 4.78 is 37.1. The van der Waals surface area contributed by atoms with Crippen molar-refractivity contribution in [1.29, 1.82) is 0 Å². The van der Waals surface area contributed by atoms with Crippen molar-refractivity contribution in [2.24, 2.45) is 10.2 Å². The molecule has 0 radical (unpaired) electrons. The summed E-state index contributed by atoms with van der Waals surface area (Å²) in [6.45, 7) is -0.0468. The van der Waals surface area contributed by atoms with Crippen LogP contribution >= 0.6 is 23.2 Å². The van der Waals surface area contributed by atoms with Crippen LogP contribution in [-0.4, -0.2) is 10.1 Å². The van der Waals surface area contributed by atoms with Gasteiger partial charge < -0.3 is 5.11 Å². The monoisotopic (exact) mass is 349 g/mol. The van der Waals surface area contributed by atoms with E-state index >= 15 is 0 Å². The van der Waals surface area contributed by atoms with Gasteiger partial charge in [-0.05, 0) is 24.3 Å². The van der Waals surface area contributed by atoms with Crippen LogP contribution in [0.3, 0.4) is 0 Å². The molecule has 0 unspecified atom stereocenters. The Bertz CT molecular complexity index is 703. The smallest absolute Gasteiger partial charge is 0.417 e. The molecule has 1 aromatic heterocycles. The molecule has 0 saturated carbocycles. The van der Waals surface area contributed by atoms with Gasteiger partial charge in [-0.3, -0.25) is 0 Å². The molecule has 0 amide bonds. The fourth-order valence-corrected chi connectivity index (χ4v) is 2.07. The summed E-state index contributed by atoms with van der Waals surface area (Å²) in [6, 6.07) is 4.78. The number of hydrogen-bond acceptors (Lipinski definition) is 4. The summed E-state index contributed by atoms with van der Waals surface area (Å²) in [5.41, 5.74) is -0.529. The van der Waals surface area contributed by atoms with Gasteiger partial charge >= 0.3 is 6.18 Å². The molecule has 0 spiro atoms. The quantitative estimate of drug-likeness (QED) is 0.754. The lowest BCUT2D eigenvalue weighted by molar-refractivity contribution is -0.137. The van der Waals surface area contributed by atoms with Gasteiger partial charge in [0.25, 0.3) is 0 Å². The molecule has 1 aromatic carbocycles. The highest BCUT2D eigenvalue weighted by molar-refractivity contribution is 6.35. The summed E-state index contributed by atoms with van der Waals surface area (Å²) in [4.78, 5) is 3.54. The van der Waals surface area contributed by atoms with Gasteiger partial charge in [0, 0.05) is 16.8 Å². The predicted molar refractivity (Wildman–Crippen MR) is 75.6 cm³/mol. The van der Waals surface area contributed by atoms with E-state index in [-0.39, 0.29) is 23.1 Å². The third-order valence-corrected chi connectivity index (χ3v) is 3.10. The summed E-state index contributed by atoms with van der Waals surface area (Å²) in [5.74, 6) is -0.161. The van der Waals surface area contributed by atoms with Gasteiger partial charge in [0.1, 0.15) is 5.75 Å². The maximum Gasteiger partial charge on any atom is 0.417 e. The van der Waals surface area contributed by atoms with E-state index in [1.165, 1.54) is 12.1 Å². The van der Waals surface area contributed by atoms with Crippen molar-refractivity contribution in [3.05, 3.63) is 51.6 Å². The topological polar surface area (TPSA) is 57.8 Å². The number of hydrogen-bond donors (Lipinski definition) is 1. The first-order chi connectivity index (χ1) is 10.3. The van der Waals surface area contributed by atoms with E-state index in [9.17, 15) is 18.3 Å². The number of halogens is 5. The number of azo groups is 1. The van der Waals surface area contributed by atoms with Gasteiger partial charge in [-0.15, -0.1) is 5.11 Å². The zero-order chi connectivity index (χ0) is 16.3. The van der Waals surface area contributed by atoms with Gasteiger partial charge in [-0.25, -0.2) is 4.98 Å². The number of phenolic OH excluding ortho intramolecular Hbond substituents is 1. The molecule has 116 valence electrons. The highest BCUT2D eigenvalue weighted by atomic mass is 35.5. The van der Waals surface area contributed by atoms with Crippen molar-refractivity contribution in [1.82, 2.24) is 4.98 Å². The van der Waals surface area contributed by atoms with Crippen molar-refractivity contribution in [2.45, 2.75) is 12.7 Å². The van der Waals surface area contributed by atoms with E-state index < -0.39 is 11.7 Å². The Morgan fingerprint density at radius 2 is 1.91 bits per heavy atom. The molecule has 0 saturated heterocycles. The summed E-state index contributed by atoms with van der Waals surface area (Å²) >= 11 is 11.5. The van der Waals surface area contributed by atoms with E-state index in [1.807, 2.05) is 0 Å². The first-order valence-electron chi connectivity index (χ1n) is 5.85. The lowest BCUT2D eigenvalue weighted by Gasteiger charge is -2.05. The Morgan fingerprint density at radius 3 is 2.50 bits per heavy atom. The molecule has 0 aliphatic heterocycles. The molecule has 2 rings (SSSR count). The van der Waals surface area contributed by atoms with Crippen LogP contribution in [0.4, 0.5) is 19.0 Å². The minimum atomic E-state index is -4.45. The number of nitrogens with zero attached hydrogens (tertiary/aromatic N) is 3. The molecule has 0 atom stereocenters. The number of alkyl halides is 3. The minimum Gasteiger partial charge on any atom is -0.506 e. The van der Waals surface area contributed by atoms with Crippen LogP contribution in [0, 0.1) is 0 Å². The first-order valence-corrected chi connectivity index (χ1v) is 6.60. The van der Waals surface area contributed by atoms with E-state index in [0.717, 1.165) is 12.1 Å². The maximum absolute atomic E-state index is 12.4. The molecular formula is C13H8Cl2F3N3O. The fraction of sp³-hybridized carbons (Fsp3) is 0.154. The summed E-state index contributed by atoms with van der Waals surface area (Å²) in [5, 5.41) is 17.5. The summed E-state index contributed by atoms with van der Waals surface area (Å²) in [7, 11) is 0. The molecule has 0 aliphatic carbocycles. The van der Waals surface area contributed by atoms with Crippen LogP contribution < -0.4 is 0 Å². The lowest BCUT2D eigenvalue weighted by Crippen LogP contribution is -2.04. The van der Waals surface area contributed by atoms with Crippen LogP contribution in [-0.2, 0) is 12.7 Å². The van der Waals surface area contributed by atoms with Crippen LogP contribution in [0.5, 0.6) is 5.75 Å². The van der Waals surface area contributed by atoms with E-state index in [0.29, 0.717) is 16.8 Å². The molecule has 22 heavy (non-hydrogen) atoms. The minimum absolute atomic E-state index is 0.0145. The summed E-state index contributed by atoms with van der Waals surface area (Å²) in [6.07, 6.45) is -3.78. The number of pyridine rings is 1. The molecule has 9 heteroatoms. The van der Waals surface area contributed by atoms with Gasteiger partial charge in [-0.2, -0.15) is 18.3 Å². The van der Waals surface area contributed by atoms with E-state index in [2.05, 4.69) is 15.2 Å². The standard InChI is InChI=1S/C13H8Cl2F3N3O/c14-9-3-7(12(22)10(15)4-9)5-20-21-11-2-1-8(6-19-11)13(16,17)18/h1-4,6,22H,5H2. The Hall–Kier alpha value is -1.86. The van der Waals surface area contributed by atoms with Crippen molar-refractivity contribution in [3.8, 4) is 5.75 Å². The fourth-order valence-electron chi connectivity index (χ4n) is 1.54. The van der Waals surface area contributed by atoms with E-state index in [1.54, 1.807) is 0 Å². The second kappa shape index (κ2) is 6.50. The van der Waals surface area contributed by atoms with Gasteiger partial charge in [0.05, 0.1) is 17.1 Å². The molecule has 0 fully saturated rings. The van der Waals surface area contributed by atoms with Crippen LogP contribution in [0.25, 0.3) is 0 Å². The molecular weight excluding hydrogens is 342 g/mol. The normalized spacial score (nSPS) is 12.0. The van der Waals surface area contributed by atoms with E-state index in [4.69, 9.17) is 23.2 Å². The average Bonchev–Trinajstić information content (AvgIpc) is 2.43. The Kier molecular flexibility index (Phi) is 4.87. The Balaban J connectivity index is 2.10. The molecule has 4 nitrogen and oxygen atoms in total. The second-order valence-electron chi connectivity index (χ2n) is 4.20. The van der Waals surface area contributed by atoms with Crippen molar-refractivity contribution in [2.75, 3.05) is 0 Å². The van der Waals surface area contributed by atoms with Crippen LogP contribution in [0.1, 0.15) is 11.1 Å². The molecule has 0 aliphatic rings. The lowest BCUT2D eigenvalue weighted by atomic mass is 10.2. The SMILES string of the molecule is Oc1c(Cl)cc(Cl)cc1CN=Nc1ccc(C(F)(F)F)cn1. The Morgan fingerprint density at radius 1 is 1.18 bits per heavy atom. The van der Waals surface area contributed by atoms with Gasteiger partial charge in [-0.1, -0.05) is 23.2 Å². The van der Waals surface area contributed by atoms with Crippen molar-refractivity contribution < 1.29 is 18.3 Å². The number of phenols is 1. The molecule has 1 heterocycles. The number of aromatic nitrogens is 1. The highest BCUT2D eigenvalue weighted by Gasteiger charge is 2.30. The number of aromatic hydroxyl groups is 1. The zero-order valence-corrected chi connectivity index (χ0v) is 12.3. The third-order valence-electron chi connectivity index (χ3n) is 2.60. The molecule has 1 N–H and O–H groups in total. The first kappa shape index (κ1) is 16.5.